The molecule has 0 unspecified atom stereocenters. The van der Waals surface area contributed by atoms with Crippen molar-refractivity contribution in [2.75, 3.05) is 13.2 Å². The Hall–Kier alpha value is -0.100. The smallest absolute Gasteiger partial charge is 0.345 e. The van der Waals surface area contributed by atoms with E-state index >= 15 is 0 Å². The van der Waals surface area contributed by atoms with E-state index in [-0.39, 0.29) is 0 Å². The van der Waals surface area contributed by atoms with Crippen LogP contribution < -0.4 is 0 Å². The highest BCUT2D eigenvalue weighted by atomic mass is 79.9. The van der Waals surface area contributed by atoms with E-state index in [1.165, 1.54) is 0 Å². The summed E-state index contributed by atoms with van der Waals surface area (Å²) in [5.74, 6) is -1.35. The topological polar surface area (TPSA) is 52.6 Å². The van der Waals surface area contributed by atoms with Crippen LogP contribution >= 0.6 is 31.9 Å². The minimum atomic E-state index is -1.58. The molecule has 6 heteroatoms. The van der Waals surface area contributed by atoms with Gasteiger partial charge in [0.05, 0.1) is 13.2 Å². The third-order valence-corrected chi connectivity index (χ3v) is 3.27. The first-order chi connectivity index (χ1) is 7.96. The highest BCUT2D eigenvalue weighted by Gasteiger charge is 2.44. The van der Waals surface area contributed by atoms with Crippen LogP contribution in [0.3, 0.4) is 0 Å². The Kier molecular flexibility index (Phi) is 8.86. The van der Waals surface area contributed by atoms with Crippen LogP contribution in [0.5, 0.6) is 0 Å². The van der Waals surface area contributed by atoms with Crippen LogP contribution in [0, 0.1) is 0 Å². The number of unbranched alkanes of at least 4 members (excludes halogenated alkanes) is 2. The zero-order chi connectivity index (χ0) is 13.3. The number of carbonyl (C=O) groups excluding carboxylic acids is 2. The van der Waals surface area contributed by atoms with Gasteiger partial charge in [-0.25, -0.2) is 9.59 Å². The van der Waals surface area contributed by atoms with Crippen LogP contribution in [0.2, 0.25) is 0 Å². The molecule has 0 aliphatic heterocycles. The first kappa shape index (κ1) is 16.9. The lowest BCUT2D eigenvalue weighted by Crippen LogP contribution is -2.38. The van der Waals surface area contributed by atoms with Crippen LogP contribution in [0.25, 0.3) is 0 Å². The van der Waals surface area contributed by atoms with Crippen LogP contribution in [-0.4, -0.2) is 28.4 Å². The monoisotopic (exact) mass is 372 g/mol. The van der Waals surface area contributed by atoms with Gasteiger partial charge in [0.1, 0.15) is 0 Å². The quantitative estimate of drug-likeness (QED) is 0.284. The number of halogens is 2. The van der Waals surface area contributed by atoms with Crippen LogP contribution in [0.1, 0.15) is 39.5 Å². The predicted octanol–water partition coefficient (Wildman–Crippen LogP) is 3.16. The van der Waals surface area contributed by atoms with Gasteiger partial charge in [-0.2, -0.15) is 0 Å². The summed E-state index contributed by atoms with van der Waals surface area (Å²) < 4.78 is 8.30. The zero-order valence-electron chi connectivity index (χ0n) is 10.1. The van der Waals surface area contributed by atoms with Crippen molar-refractivity contribution in [2.24, 2.45) is 0 Å². The van der Waals surface area contributed by atoms with E-state index in [4.69, 9.17) is 9.47 Å². The van der Waals surface area contributed by atoms with Gasteiger partial charge >= 0.3 is 11.9 Å². The third kappa shape index (κ3) is 6.41. The normalized spacial score (nSPS) is 11.1. The van der Waals surface area contributed by atoms with Gasteiger partial charge in [-0.1, -0.05) is 26.7 Å². The number of rotatable bonds is 8. The summed E-state index contributed by atoms with van der Waals surface area (Å²) in [6.07, 6.45) is 3.39. The Morgan fingerprint density at radius 3 is 1.59 bits per heavy atom. The van der Waals surface area contributed by atoms with Crippen molar-refractivity contribution in [3.63, 3.8) is 0 Å². The molecule has 0 aromatic carbocycles. The molecule has 0 radical (unpaired) electrons. The Balaban J connectivity index is 4.13. The molecule has 4 nitrogen and oxygen atoms in total. The lowest BCUT2D eigenvalue weighted by molar-refractivity contribution is -0.154. The fourth-order valence-corrected chi connectivity index (χ4v) is 1.34. The third-order valence-electron chi connectivity index (χ3n) is 1.97. The van der Waals surface area contributed by atoms with Crippen molar-refractivity contribution in [1.82, 2.24) is 0 Å². The number of carbonyl (C=O) groups is 2. The van der Waals surface area contributed by atoms with Gasteiger partial charge in [0, 0.05) is 0 Å². The largest absolute Gasteiger partial charge is 0.464 e. The molecule has 0 aromatic rings. The van der Waals surface area contributed by atoms with Crippen molar-refractivity contribution in [1.29, 1.82) is 0 Å². The molecular weight excluding hydrogens is 356 g/mol. The summed E-state index contributed by atoms with van der Waals surface area (Å²) in [7, 11) is 0. The predicted molar refractivity (Wildman–Crippen MR) is 72.3 cm³/mol. The van der Waals surface area contributed by atoms with Crippen molar-refractivity contribution in [3.05, 3.63) is 0 Å². The number of ether oxygens (including phenoxy) is 2. The second-order valence-electron chi connectivity index (χ2n) is 3.55. The van der Waals surface area contributed by atoms with Gasteiger partial charge in [-0.15, -0.1) is 0 Å². The maximum atomic E-state index is 11.6. The summed E-state index contributed by atoms with van der Waals surface area (Å²) in [5.41, 5.74) is 0. The number of hydrogen-bond acceptors (Lipinski definition) is 4. The van der Waals surface area contributed by atoms with Crippen LogP contribution in [0.4, 0.5) is 0 Å². The Bertz CT molecular complexity index is 230. The molecule has 0 saturated carbocycles. The summed E-state index contributed by atoms with van der Waals surface area (Å²) in [4.78, 5) is 23.2. The fraction of sp³-hybridized carbons (Fsp3) is 0.818. The van der Waals surface area contributed by atoms with Crippen molar-refractivity contribution in [3.8, 4) is 0 Å². The maximum absolute atomic E-state index is 11.6. The molecule has 0 aliphatic rings. The van der Waals surface area contributed by atoms with E-state index in [1.807, 2.05) is 13.8 Å². The van der Waals surface area contributed by atoms with Crippen molar-refractivity contribution in [2.45, 2.75) is 42.8 Å². The average molecular weight is 374 g/mol. The Morgan fingerprint density at radius 2 is 1.29 bits per heavy atom. The highest BCUT2D eigenvalue weighted by molar-refractivity contribution is 9.26. The maximum Gasteiger partial charge on any atom is 0.345 e. The Morgan fingerprint density at radius 1 is 0.941 bits per heavy atom. The summed E-state index contributed by atoms with van der Waals surface area (Å²) in [6.45, 7) is 4.58. The van der Waals surface area contributed by atoms with Gasteiger partial charge in [0.2, 0.25) is 0 Å². The molecule has 100 valence electrons. The Labute approximate surface area is 119 Å². The van der Waals surface area contributed by atoms with E-state index in [2.05, 4.69) is 31.9 Å². The molecule has 0 amide bonds. The van der Waals surface area contributed by atoms with Crippen molar-refractivity contribution < 1.29 is 19.1 Å². The van der Waals surface area contributed by atoms with Gasteiger partial charge in [-0.05, 0) is 44.7 Å². The zero-order valence-corrected chi connectivity index (χ0v) is 13.3. The lowest BCUT2D eigenvalue weighted by Gasteiger charge is -2.17. The summed E-state index contributed by atoms with van der Waals surface area (Å²) >= 11 is 5.97. The molecule has 0 aliphatic carbocycles. The molecule has 17 heavy (non-hydrogen) atoms. The molecule has 0 rings (SSSR count). The van der Waals surface area contributed by atoms with Crippen LogP contribution in [0.15, 0.2) is 0 Å². The molecular formula is C11H18Br2O4. The van der Waals surface area contributed by atoms with Gasteiger partial charge < -0.3 is 9.47 Å². The number of alkyl halides is 2. The van der Waals surface area contributed by atoms with E-state index in [0.717, 1.165) is 25.7 Å². The van der Waals surface area contributed by atoms with Crippen molar-refractivity contribution >= 4 is 43.8 Å². The minimum Gasteiger partial charge on any atom is -0.464 e. The second-order valence-corrected chi connectivity index (χ2v) is 7.00. The number of hydrogen-bond donors (Lipinski definition) is 0. The molecule has 0 aromatic heterocycles. The molecule has 0 atom stereocenters. The van der Waals surface area contributed by atoms with E-state index in [1.54, 1.807) is 0 Å². The lowest BCUT2D eigenvalue weighted by atomic mass is 10.3. The van der Waals surface area contributed by atoms with E-state index < -0.39 is 15.2 Å². The van der Waals surface area contributed by atoms with Gasteiger partial charge in [0.15, 0.2) is 0 Å². The molecule has 0 bridgehead atoms. The molecule has 0 fully saturated rings. The number of esters is 2. The minimum absolute atomic E-state index is 0.302. The van der Waals surface area contributed by atoms with Gasteiger partial charge in [0.25, 0.3) is 3.23 Å². The highest BCUT2D eigenvalue weighted by Crippen LogP contribution is 2.29. The molecule has 0 heterocycles. The molecule has 0 saturated heterocycles. The molecule has 0 N–H and O–H groups in total. The van der Waals surface area contributed by atoms with E-state index in [0.29, 0.717) is 13.2 Å². The summed E-state index contributed by atoms with van der Waals surface area (Å²) in [5, 5.41) is 0. The summed E-state index contributed by atoms with van der Waals surface area (Å²) in [6, 6.07) is 0. The van der Waals surface area contributed by atoms with Gasteiger partial charge in [-0.3, -0.25) is 0 Å². The second kappa shape index (κ2) is 8.91. The fourth-order valence-electron chi connectivity index (χ4n) is 0.883. The first-order valence-corrected chi connectivity index (χ1v) is 7.27. The standard InChI is InChI=1S/C11H18Br2O4/c1-3-5-7-16-9(14)11(12,13)10(15)17-8-6-4-2/h3-8H2,1-2H3. The SMILES string of the molecule is CCCCOC(=O)C(Br)(Br)C(=O)OCCCC. The van der Waals surface area contributed by atoms with Crippen LogP contribution in [-0.2, 0) is 19.1 Å². The first-order valence-electron chi connectivity index (χ1n) is 5.69. The average Bonchev–Trinajstić information content (AvgIpc) is 2.29. The molecule has 0 spiro atoms. The van der Waals surface area contributed by atoms with E-state index in [9.17, 15) is 9.59 Å².